The van der Waals surface area contributed by atoms with Crippen LogP contribution < -0.4 is 19.7 Å². The van der Waals surface area contributed by atoms with Gasteiger partial charge in [-0.05, 0) is 73.5 Å². The molecule has 3 aromatic carbocycles. The maximum absolute atomic E-state index is 13.6. The minimum Gasteiger partial charge on any atom is -0.497 e. The molecule has 1 aliphatic rings. The topological polar surface area (TPSA) is 114 Å². The van der Waals surface area contributed by atoms with Gasteiger partial charge in [0.2, 0.25) is 5.91 Å². The number of sulfonamides is 1. The number of methoxy groups -OCH3 is 1. The molecule has 2 N–H and O–H groups in total. The second-order valence-corrected chi connectivity index (χ2v) is 10.9. The minimum atomic E-state index is -4.14. The highest BCUT2D eigenvalue weighted by Gasteiger charge is 2.28. The summed E-state index contributed by atoms with van der Waals surface area (Å²) in [5, 5.41) is 5.95. The van der Waals surface area contributed by atoms with Crippen LogP contribution in [0.25, 0.3) is 0 Å². The van der Waals surface area contributed by atoms with Crippen LogP contribution in [0.15, 0.2) is 77.7 Å². The molecule has 4 rings (SSSR count). The molecule has 0 spiro atoms. The van der Waals surface area contributed by atoms with Crippen molar-refractivity contribution in [2.75, 3.05) is 36.4 Å². The van der Waals surface area contributed by atoms with Gasteiger partial charge in [0.05, 0.1) is 35.0 Å². The minimum absolute atomic E-state index is 0.0186. The molecule has 0 aromatic heterocycles. The van der Waals surface area contributed by atoms with Gasteiger partial charge in [-0.15, -0.1) is 0 Å². The Bertz CT molecular complexity index is 1370. The van der Waals surface area contributed by atoms with Gasteiger partial charge in [-0.25, -0.2) is 8.42 Å². The van der Waals surface area contributed by atoms with Crippen molar-refractivity contribution in [2.24, 2.45) is 0 Å². The van der Waals surface area contributed by atoms with Crippen LogP contribution in [-0.2, 0) is 19.6 Å². The Balaban J connectivity index is 1.55. The lowest BCUT2D eigenvalue weighted by Crippen LogP contribution is -2.38. The highest BCUT2D eigenvalue weighted by Crippen LogP contribution is 2.27. The van der Waals surface area contributed by atoms with Crippen molar-refractivity contribution in [3.05, 3.63) is 83.4 Å². The zero-order chi connectivity index (χ0) is 27.1. The average Bonchev–Trinajstić information content (AvgIpc) is 3.45. The Morgan fingerprint density at radius 2 is 1.76 bits per heavy atom. The summed E-state index contributed by atoms with van der Waals surface area (Å²) < 4.78 is 38.8. The quantitative estimate of drug-likeness (QED) is 0.388. The van der Waals surface area contributed by atoms with Crippen LogP contribution in [0, 0.1) is 0 Å². The maximum atomic E-state index is 13.6. The Morgan fingerprint density at radius 3 is 2.42 bits per heavy atom. The average molecular weight is 558 g/mol. The first kappa shape index (κ1) is 27.4. The van der Waals surface area contributed by atoms with Crippen molar-refractivity contribution in [3.8, 4) is 5.75 Å². The molecule has 1 heterocycles. The number of carbonyl (C=O) groups is 2. The van der Waals surface area contributed by atoms with Gasteiger partial charge in [0.1, 0.15) is 12.3 Å². The van der Waals surface area contributed by atoms with E-state index in [4.69, 9.17) is 21.1 Å². The lowest BCUT2D eigenvalue weighted by Gasteiger charge is -2.24. The molecular weight excluding hydrogens is 530 g/mol. The van der Waals surface area contributed by atoms with E-state index in [1.165, 1.54) is 43.5 Å². The molecule has 0 unspecified atom stereocenters. The Labute approximate surface area is 226 Å². The fourth-order valence-corrected chi connectivity index (χ4v) is 5.56. The van der Waals surface area contributed by atoms with E-state index in [1.54, 1.807) is 36.4 Å². The van der Waals surface area contributed by atoms with Crippen LogP contribution in [0.1, 0.15) is 23.2 Å². The van der Waals surface area contributed by atoms with E-state index in [-0.39, 0.29) is 33.8 Å². The Kier molecular flexibility index (Phi) is 8.88. The zero-order valence-electron chi connectivity index (χ0n) is 20.7. The van der Waals surface area contributed by atoms with Crippen molar-refractivity contribution in [2.45, 2.75) is 23.8 Å². The third-order valence-corrected chi connectivity index (χ3v) is 8.05. The normalized spacial score (nSPS) is 15.1. The number of nitrogens with zero attached hydrogens (tertiary/aromatic N) is 1. The molecule has 1 atom stereocenters. The number of benzene rings is 3. The predicted octanol–water partition coefficient (Wildman–Crippen LogP) is 4.09. The smallest absolute Gasteiger partial charge is 0.264 e. The Morgan fingerprint density at radius 1 is 1.05 bits per heavy atom. The number of nitrogens with one attached hydrogen (secondary N) is 2. The first-order valence-electron chi connectivity index (χ1n) is 12.0. The van der Waals surface area contributed by atoms with Crippen molar-refractivity contribution >= 4 is 44.8 Å². The van der Waals surface area contributed by atoms with Gasteiger partial charge in [-0.3, -0.25) is 13.9 Å². The van der Waals surface area contributed by atoms with Crippen LogP contribution in [0.3, 0.4) is 0 Å². The van der Waals surface area contributed by atoms with E-state index < -0.39 is 22.5 Å². The van der Waals surface area contributed by atoms with Crippen LogP contribution in [-0.4, -0.2) is 53.1 Å². The summed E-state index contributed by atoms with van der Waals surface area (Å²) in [6.07, 6.45) is 1.80. The highest BCUT2D eigenvalue weighted by atomic mass is 35.5. The second-order valence-electron chi connectivity index (χ2n) is 8.60. The molecule has 9 nitrogen and oxygen atoms in total. The number of amides is 2. The molecule has 2 amide bonds. The molecule has 38 heavy (non-hydrogen) atoms. The summed E-state index contributed by atoms with van der Waals surface area (Å²) in [6, 6.07) is 18.5. The number of hydrogen-bond donors (Lipinski definition) is 2. The molecule has 1 aliphatic heterocycles. The van der Waals surface area contributed by atoms with Crippen LogP contribution in [0.5, 0.6) is 5.75 Å². The number of carbonyl (C=O) groups excluding carboxylic acids is 2. The van der Waals surface area contributed by atoms with E-state index >= 15 is 0 Å². The summed E-state index contributed by atoms with van der Waals surface area (Å²) in [7, 11) is -2.66. The molecular formula is C27H28ClN3O6S. The molecule has 200 valence electrons. The zero-order valence-corrected chi connectivity index (χ0v) is 22.3. The number of anilines is 2. The van der Waals surface area contributed by atoms with E-state index in [1.807, 2.05) is 0 Å². The van der Waals surface area contributed by atoms with Crippen LogP contribution in [0.4, 0.5) is 11.4 Å². The van der Waals surface area contributed by atoms with Gasteiger partial charge >= 0.3 is 0 Å². The second kappa shape index (κ2) is 12.3. The lowest BCUT2D eigenvalue weighted by molar-refractivity contribution is -0.114. The predicted molar refractivity (Wildman–Crippen MR) is 145 cm³/mol. The molecule has 1 fully saturated rings. The van der Waals surface area contributed by atoms with Crippen LogP contribution in [0.2, 0.25) is 5.02 Å². The summed E-state index contributed by atoms with van der Waals surface area (Å²) in [6.45, 7) is 0.504. The molecule has 0 aliphatic carbocycles. The van der Waals surface area contributed by atoms with Crippen LogP contribution >= 0.6 is 11.6 Å². The maximum Gasteiger partial charge on any atom is 0.264 e. The molecule has 11 heteroatoms. The molecule has 0 radical (unpaired) electrons. The van der Waals surface area contributed by atoms with Gasteiger partial charge in [-0.1, -0.05) is 23.7 Å². The SMILES string of the molecule is COc1ccc(S(=O)(=O)N(CC(=O)Nc2ccccc2C(=O)NC[C@@H]2CCCO2)c2ccc(Cl)cc2)cc1. The van der Waals surface area contributed by atoms with Crippen molar-refractivity contribution in [1.82, 2.24) is 5.32 Å². The van der Waals surface area contributed by atoms with E-state index in [9.17, 15) is 18.0 Å². The largest absolute Gasteiger partial charge is 0.497 e. The van der Waals surface area contributed by atoms with Gasteiger partial charge in [-0.2, -0.15) is 0 Å². The standard InChI is InChI=1S/C27H28ClN3O6S/c1-36-21-12-14-23(15-13-21)38(34,35)31(20-10-8-19(28)9-11-20)18-26(32)30-25-7-3-2-6-24(25)27(33)29-17-22-5-4-16-37-22/h2-3,6-15,22H,4-5,16-18H2,1H3,(H,29,33)(H,30,32)/t22-/m0/s1. The van der Waals surface area contributed by atoms with Gasteiger partial charge in [0.25, 0.3) is 15.9 Å². The summed E-state index contributed by atoms with van der Waals surface area (Å²) in [5.74, 6) is -0.498. The fraction of sp³-hybridized carbons (Fsp3) is 0.259. The number of ether oxygens (including phenoxy) is 2. The van der Waals surface area contributed by atoms with Crippen molar-refractivity contribution < 1.29 is 27.5 Å². The lowest BCUT2D eigenvalue weighted by atomic mass is 10.1. The van der Waals surface area contributed by atoms with E-state index in [0.717, 1.165) is 17.1 Å². The first-order chi connectivity index (χ1) is 18.3. The van der Waals surface area contributed by atoms with E-state index in [2.05, 4.69) is 10.6 Å². The van der Waals surface area contributed by atoms with Gasteiger partial charge in [0, 0.05) is 18.2 Å². The monoisotopic (exact) mass is 557 g/mol. The Hall–Kier alpha value is -3.60. The first-order valence-corrected chi connectivity index (χ1v) is 13.8. The number of halogens is 1. The third-order valence-electron chi connectivity index (χ3n) is 6.01. The summed E-state index contributed by atoms with van der Waals surface area (Å²) in [5.41, 5.74) is 0.776. The number of rotatable bonds is 10. The van der Waals surface area contributed by atoms with Gasteiger partial charge in [0.15, 0.2) is 0 Å². The summed E-state index contributed by atoms with van der Waals surface area (Å²) in [4.78, 5) is 26.0. The molecule has 0 bridgehead atoms. The number of hydrogen-bond acceptors (Lipinski definition) is 6. The highest BCUT2D eigenvalue weighted by molar-refractivity contribution is 7.92. The molecule has 1 saturated heterocycles. The molecule has 3 aromatic rings. The van der Waals surface area contributed by atoms with Crippen molar-refractivity contribution in [3.63, 3.8) is 0 Å². The fourth-order valence-electron chi connectivity index (χ4n) is 4.01. The van der Waals surface area contributed by atoms with Gasteiger partial charge < -0.3 is 20.1 Å². The third kappa shape index (κ3) is 6.63. The summed E-state index contributed by atoms with van der Waals surface area (Å²) >= 11 is 6.00. The number of para-hydroxylation sites is 1. The van der Waals surface area contributed by atoms with Crippen molar-refractivity contribution in [1.29, 1.82) is 0 Å². The van der Waals surface area contributed by atoms with E-state index in [0.29, 0.717) is 23.9 Å². The molecule has 0 saturated carbocycles.